The predicted octanol–water partition coefficient (Wildman–Crippen LogP) is 4.97. The first-order chi connectivity index (χ1) is 14.9. The third kappa shape index (κ3) is 5.14. The first-order valence-corrected chi connectivity index (χ1v) is 11.6. The standard InChI is InChI=1S/C22H18Cl2N4O2S/c23-20-11-8-18(14-21(20)24)16-6-9-19(10-7-16)31(29,30)27-22(15-28-25-12-13-26-28)17-4-2-1-3-5-17/h1-14,22,27H,15H2. The first-order valence-electron chi connectivity index (χ1n) is 9.39. The van der Waals surface area contributed by atoms with E-state index in [0.29, 0.717) is 10.0 Å². The molecule has 4 rings (SSSR count). The van der Waals surface area contributed by atoms with E-state index in [1.54, 1.807) is 48.8 Å². The van der Waals surface area contributed by atoms with E-state index < -0.39 is 16.1 Å². The molecule has 3 aromatic carbocycles. The van der Waals surface area contributed by atoms with Gasteiger partial charge in [0.15, 0.2) is 0 Å². The number of halogens is 2. The van der Waals surface area contributed by atoms with E-state index in [1.807, 2.05) is 36.4 Å². The highest BCUT2D eigenvalue weighted by Crippen LogP contribution is 2.29. The fourth-order valence-electron chi connectivity index (χ4n) is 3.15. The van der Waals surface area contributed by atoms with Gasteiger partial charge in [0, 0.05) is 0 Å². The van der Waals surface area contributed by atoms with E-state index in [-0.39, 0.29) is 11.4 Å². The number of hydrogen-bond acceptors (Lipinski definition) is 4. The summed E-state index contributed by atoms with van der Waals surface area (Å²) < 4.78 is 29.0. The maximum atomic E-state index is 13.1. The average molecular weight is 473 g/mol. The maximum absolute atomic E-state index is 13.1. The molecule has 0 bridgehead atoms. The molecule has 1 N–H and O–H groups in total. The minimum atomic E-state index is -3.79. The van der Waals surface area contributed by atoms with Gasteiger partial charge in [-0.1, -0.05) is 71.7 Å². The summed E-state index contributed by atoms with van der Waals surface area (Å²) in [6.07, 6.45) is 3.11. The fraction of sp³-hybridized carbons (Fsp3) is 0.0909. The van der Waals surface area contributed by atoms with E-state index >= 15 is 0 Å². The summed E-state index contributed by atoms with van der Waals surface area (Å²) in [6.45, 7) is 0.262. The smallest absolute Gasteiger partial charge is 0.207 e. The van der Waals surface area contributed by atoms with Crippen LogP contribution in [0, 0.1) is 0 Å². The van der Waals surface area contributed by atoms with E-state index in [2.05, 4.69) is 14.9 Å². The fourth-order valence-corrected chi connectivity index (χ4v) is 4.67. The Morgan fingerprint density at radius 1 is 0.839 bits per heavy atom. The Kier molecular flexibility index (Phi) is 6.38. The van der Waals surface area contributed by atoms with Crippen LogP contribution in [0.3, 0.4) is 0 Å². The van der Waals surface area contributed by atoms with Gasteiger partial charge >= 0.3 is 0 Å². The van der Waals surface area contributed by atoms with Crippen molar-refractivity contribution >= 4 is 33.2 Å². The molecule has 0 saturated carbocycles. The van der Waals surface area contributed by atoms with Crippen LogP contribution < -0.4 is 4.72 Å². The molecule has 1 heterocycles. The number of nitrogens with zero attached hydrogens (tertiary/aromatic N) is 3. The summed E-state index contributed by atoms with van der Waals surface area (Å²) in [5.74, 6) is 0. The quantitative estimate of drug-likeness (QED) is 0.411. The van der Waals surface area contributed by atoms with E-state index in [4.69, 9.17) is 23.2 Å². The molecule has 158 valence electrons. The molecular weight excluding hydrogens is 455 g/mol. The average Bonchev–Trinajstić information content (AvgIpc) is 3.29. The van der Waals surface area contributed by atoms with Crippen molar-refractivity contribution < 1.29 is 8.42 Å². The molecule has 4 aromatic rings. The Bertz CT molecular complexity index is 1260. The topological polar surface area (TPSA) is 76.9 Å². The second-order valence-electron chi connectivity index (χ2n) is 6.82. The van der Waals surface area contributed by atoms with Gasteiger partial charge < -0.3 is 0 Å². The molecule has 1 aromatic heterocycles. The molecular formula is C22H18Cl2N4O2S. The van der Waals surface area contributed by atoms with Gasteiger partial charge in [0.2, 0.25) is 10.0 Å². The van der Waals surface area contributed by atoms with E-state index in [1.165, 1.54) is 4.80 Å². The summed E-state index contributed by atoms with van der Waals surface area (Å²) in [6, 6.07) is 20.7. The molecule has 0 aliphatic rings. The molecule has 0 aliphatic carbocycles. The molecule has 0 aliphatic heterocycles. The van der Waals surface area contributed by atoms with Crippen LogP contribution in [0.4, 0.5) is 0 Å². The maximum Gasteiger partial charge on any atom is 0.241 e. The van der Waals surface area contributed by atoms with Crippen molar-refractivity contribution in [2.45, 2.75) is 17.5 Å². The number of rotatable bonds is 7. The highest BCUT2D eigenvalue weighted by Gasteiger charge is 2.22. The van der Waals surface area contributed by atoms with Gasteiger partial charge in [-0.3, -0.25) is 0 Å². The summed E-state index contributed by atoms with van der Waals surface area (Å²) in [5.41, 5.74) is 2.49. The number of sulfonamides is 1. The highest BCUT2D eigenvalue weighted by molar-refractivity contribution is 7.89. The zero-order valence-electron chi connectivity index (χ0n) is 16.2. The summed E-state index contributed by atoms with van der Waals surface area (Å²) in [5, 5.41) is 9.09. The molecule has 1 unspecified atom stereocenters. The molecule has 0 spiro atoms. The Morgan fingerprint density at radius 3 is 2.13 bits per heavy atom. The van der Waals surface area contributed by atoms with E-state index in [9.17, 15) is 8.42 Å². The molecule has 6 nitrogen and oxygen atoms in total. The summed E-state index contributed by atoms with van der Waals surface area (Å²) in [7, 11) is -3.79. The van der Waals surface area contributed by atoms with Gasteiger partial charge in [0.25, 0.3) is 0 Å². The Hall–Kier alpha value is -2.71. The molecule has 1 atom stereocenters. The third-order valence-corrected chi connectivity index (χ3v) is 6.96. The second-order valence-corrected chi connectivity index (χ2v) is 9.35. The third-order valence-electron chi connectivity index (χ3n) is 4.73. The lowest BCUT2D eigenvalue weighted by Crippen LogP contribution is -2.32. The van der Waals surface area contributed by atoms with Gasteiger partial charge in [-0.05, 0) is 41.0 Å². The minimum Gasteiger partial charge on any atom is -0.207 e. The zero-order chi connectivity index (χ0) is 21.8. The lowest BCUT2D eigenvalue weighted by molar-refractivity contribution is 0.444. The van der Waals surface area contributed by atoms with Gasteiger partial charge in [-0.2, -0.15) is 15.0 Å². The van der Waals surface area contributed by atoms with Crippen molar-refractivity contribution in [3.63, 3.8) is 0 Å². The Labute approximate surface area is 190 Å². The van der Waals surface area contributed by atoms with Gasteiger partial charge in [0.1, 0.15) is 0 Å². The largest absolute Gasteiger partial charge is 0.241 e. The van der Waals surface area contributed by atoms with Crippen molar-refractivity contribution in [3.8, 4) is 11.1 Å². The van der Waals surface area contributed by atoms with Crippen LogP contribution in [0.2, 0.25) is 10.0 Å². The number of nitrogens with one attached hydrogen (secondary N) is 1. The second kappa shape index (κ2) is 9.20. The van der Waals surface area contributed by atoms with Crippen molar-refractivity contribution in [1.82, 2.24) is 19.7 Å². The molecule has 0 fully saturated rings. The molecule has 0 saturated heterocycles. The Balaban J connectivity index is 1.59. The van der Waals surface area contributed by atoms with Crippen molar-refractivity contribution in [3.05, 3.63) is 101 Å². The van der Waals surface area contributed by atoms with Gasteiger partial charge in [-0.15, -0.1) is 0 Å². The van der Waals surface area contributed by atoms with Crippen molar-refractivity contribution in [1.29, 1.82) is 0 Å². The monoisotopic (exact) mass is 472 g/mol. The molecule has 31 heavy (non-hydrogen) atoms. The van der Waals surface area contributed by atoms with Crippen molar-refractivity contribution in [2.75, 3.05) is 0 Å². The Morgan fingerprint density at radius 2 is 1.48 bits per heavy atom. The lowest BCUT2D eigenvalue weighted by Gasteiger charge is -2.19. The van der Waals surface area contributed by atoms with Crippen LogP contribution in [-0.2, 0) is 16.6 Å². The van der Waals surface area contributed by atoms with Crippen LogP contribution in [0.5, 0.6) is 0 Å². The van der Waals surface area contributed by atoms with Crippen LogP contribution in [0.25, 0.3) is 11.1 Å². The van der Waals surface area contributed by atoms with Crippen LogP contribution >= 0.6 is 23.2 Å². The van der Waals surface area contributed by atoms with Crippen LogP contribution in [0.1, 0.15) is 11.6 Å². The van der Waals surface area contributed by atoms with E-state index in [0.717, 1.165) is 16.7 Å². The SMILES string of the molecule is O=S(=O)(NC(Cn1nccn1)c1ccccc1)c1ccc(-c2ccc(Cl)c(Cl)c2)cc1. The van der Waals surface area contributed by atoms with Crippen LogP contribution in [-0.4, -0.2) is 23.4 Å². The number of benzene rings is 3. The molecule has 0 amide bonds. The summed E-state index contributed by atoms with van der Waals surface area (Å²) >= 11 is 12.1. The molecule has 9 heteroatoms. The van der Waals surface area contributed by atoms with Crippen LogP contribution in [0.15, 0.2) is 90.1 Å². The minimum absolute atomic E-state index is 0.158. The zero-order valence-corrected chi connectivity index (χ0v) is 18.5. The summed E-state index contributed by atoms with van der Waals surface area (Å²) in [4.78, 5) is 1.61. The first kappa shape index (κ1) is 21.5. The normalized spacial score (nSPS) is 12.6. The van der Waals surface area contributed by atoms with Gasteiger partial charge in [-0.25, -0.2) is 13.1 Å². The van der Waals surface area contributed by atoms with Gasteiger partial charge in [0.05, 0.1) is 39.9 Å². The predicted molar refractivity (Wildman–Crippen MR) is 121 cm³/mol. The highest BCUT2D eigenvalue weighted by atomic mass is 35.5. The number of hydrogen-bond donors (Lipinski definition) is 1. The number of aromatic nitrogens is 3. The lowest BCUT2D eigenvalue weighted by atomic mass is 10.1. The van der Waals surface area contributed by atoms with Crippen molar-refractivity contribution in [2.24, 2.45) is 0 Å². The molecule has 0 radical (unpaired) electrons.